The van der Waals surface area contributed by atoms with E-state index in [9.17, 15) is 4.79 Å². The van der Waals surface area contributed by atoms with Crippen molar-refractivity contribution in [3.63, 3.8) is 0 Å². The van der Waals surface area contributed by atoms with Crippen molar-refractivity contribution in [3.05, 3.63) is 32.5 Å². The van der Waals surface area contributed by atoms with Crippen molar-refractivity contribution in [3.8, 4) is 0 Å². The summed E-state index contributed by atoms with van der Waals surface area (Å²) in [4.78, 5) is 21.7. The second kappa shape index (κ2) is 7.95. The zero-order valence-corrected chi connectivity index (χ0v) is 15.9. The molecular formula is C18H23N3O2S2. The molecule has 2 aliphatic rings. The van der Waals surface area contributed by atoms with Crippen LogP contribution in [0.25, 0.3) is 0 Å². The molecule has 0 bridgehead atoms. The van der Waals surface area contributed by atoms with Crippen LogP contribution >= 0.6 is 22.7 Å². The predicted octanol–water partition coefficient (Wildman–Crippen LogP) is 3.56. The standard InChI is InChI=1S/C18H23N3O2S2/c22-17(16-10-13-4-2-1-3-5-15(13)25-16)20-18-19-14(12-24-18)11-21-6-8-23-9-7-21/h10,12H,1-9,11H2,(H,19,20,22). The van der Waals surface area contributed by atoms with Gasteiger partial charge in [-0.05, 0) is 37.3 Å². The van der Waals surface area contributed by atoms with E-state index < -0.39 is 0 Å². The summed E-state index contributed by atoms with van der Waals surface area (Å²) < 4.78 is 5.37. The van der Waals surface area contributed by atoms with Crippen LogP contribution < -0.4 is 5.32 Å². The number of ether oxygens (including phenoxy) is 1. The van der Waals surface area contributed by atoms with Crippen LogP contribution in [0.5, 0.6) is 0 Å². The summed E-state index contributed by atoms with van der Waals surface area (Å²) in [6, 6.07) is 2.09. The average molecular weight is 378 g/mol. The van der Waals surface area contributed by atoms with Crippen LogP contribution in [-0.2, 0) is 24.1 Å². The number of aromatic nitrogens is 1. The topological polar surface area (TPSA) is 54.5 Å². The number of hydrogen-bond donors (Lipinski definition) is 1. The van der Waals surface area contributed by atoms with Crippen LogP contribution in [0.15, 0.2) is 11.4 Å². The van der Waals surface area contributed by atoms with Crippen LogP contribution in [0.2, 0.25) is 0 Å². The zero-order valence-electron chi connectivity index (χ0n) is 14.3. The van der Waals surface area contributed by atoms with E-state index in [-0.39, 0.29) is 5.91 Å². The Bertz CT molecular complexity index is 711. The number of amides is 1. The molecule has 2 aromatic rings. The first kappa shape index (κ1) is 17.1. The Labute approximate surface area is 156 Å². The molecular weight excluding hydrogens is 354 g/mol. The normalized spacial score (nSPS) is 18.6. The van der Waals surface area contributed by atoms with Gasteiger partial charge in [-0.3, -0.25) is 15.0 Å². The van der Waals surface area contributed by atoms with Crippen LogP contribution in [0.4, 0.5) is 5.13 Å². The van der Waals surface area contributed by atoms with Crippen LogP contribution in [-0.4, -0.2) is 42.1 Å². The zero-order chi connectivity index (χ0) is 17.1. The van der Waals surface area contributed by atoms with Crippen molar-refractivity contribution in [2.45, 2.75) is 38.6 Å². The third kappa shape index (κ3) is 4.28. The maximum Gasteiger partial charge on any atom is 0.267 e. The van der Waals surface area contributed by atoms with E-state index in [1.807, 2.05) is 5.38 Å². The lowest BCUT2D eigenvalue weighted by molar-refractivity contribution is 0.0337. The molecule has 134 valence electrons. The molecule has 0 spiro atoms. The molecule has 1 aliphatic carbocycles. The number of anilines is 1. The van der Waals surface area contributed by atoms with E-state index in [1.165, 1.54) is 41.0 Å². The Morgan fingerprint density at radius 3 is 2.96 bits per heavy atom. The fourth-order valence-corrected chi connectivity index (χ4v) is 5.21. The monoisotopic (exact) mass is 377 g/mol. The summed E-state index contributed by atoms with van der Waals surface area (Å²) in [5, 5.41) is 5.70. The molecule has 1 N–H and O–H groups in total. The summed E-state index contributed by atoms with van der Waals surface area (Å²) >= 11 is 3.16. The lowest BCUT2D eigenvalue weighted by Gasteiger charge is -2.25. The first-order valence-corrected chi connectivity index (χ1v) is 10.6. The molecule has 0 aromatic carbocycles. The summed E-state index contributed by atoms with van der Waals surface area (Å²) in [7, 11) is 0. The first-order chi connectivity index (χ1) is 12.3. The molecule has 1 amide bonds. The van der Waals surface area contributed by atoms with Gasteiger partial charge >= 0.3 is 0 Å². The minimum Gasteiger partial charge on any atom is -0.379 e. The molecule has 0 saturated carbocycles. The molecule has 7 heteroatoms. The number of nitrogens with zero attached hydrogens (tertiary/aromatic N) is 2. The summed E-state index contributed by atoms with van der Waals surface area (Å²) in [5.41, 5.74) is 2.39. The number of thiazole rings is 1. The number of hydrogen-bond acceptors (Lipinski definition) is 6. The Balaban J connectivity index is 1.38. The maximum absolute atomic E-state index is 12.6. The molecule has 4 rings (SSSR count). The van der Waals surface area contributed by atoms with Gasteiger partial charge in [-0.2, -0.15) is 0 Å². The second-order valence-corrected chi connectivity index (χ2v) is 8.60. The van der Waals surface area contributed by atoms with E-state index in [0.29, 0.717) is 5.13 Å². The molecule has 3 heterocycles. The number of carbonyl (C=O) groups excluding carboxylic acids is 1. The number of carbonyl (C=O) groups is 1. The number of thiophene rings is 1. The molecule has 2 aromatic heterocycles. The quantitative estimate of drug-likeness (QED) is 0.828. The molecule has 1 saturated heterocycles. The fourth-order valence-electron chi connectivity index (χ4n) is 3.36. The van der Waals surface area contributed by atoms with E-state index in [4.69, 9.17) is 4.74 Å². The van der Waals surface area contributed by atoms with Gasteiger partial charge in [-0.25, -0.2) is 4.98 Å². The van der Waals surface area contributed by atoms with E-state index in [0.717, 1.165) is 56.3 Å². The third-order valence-corrected chi connectivity index (χ3v) is 6.77. The highest BCUT2D eigenvalue weighted by molar-refractivity contribution is 7.15. The number of aryl methyl sites for hydroxylation is 2. The predicted molar refractivity (Wildman–Crippen MR) is 102 cm³/mol. The first-order valence-electron chi connectivity index (χ1n) is 8.95. The summed E-state index contributed by atoms with van der Waals surface area (Å²) in [6.45, 7) is 4.29. The number of rotatable bonds is 4. The fraction of sp³-hybridized carbons (Fsp3) is 0.556. The lowest BCUT2D eigenvalue weighted by Crippen LogP contribution is -2.35. The SMILES string of the molecule is O=C(Nc1nc(CN2CCOCC2)cs1)c1cc2c(s1)CCCCC2. The summed E-state index contributed by atoms with van der Waals surface area (Å²) in [5.74, 6) is -0.0228. The van der Waals surface area contributed by atoms with Gasteiger partial charge in [-0.1, -0.05) is 6.42 Å². The highest BCUT2D eigenvalue weighted by Gasteiger charge is 2.18. The van der Waals surface area contributed by atoms with Gasteiger partial charge < -0.3 is 4.74 Å². The number of morpholine rings is 1. The highest BCUT2D eigenvalue weighted by atomic mass is 32.1. The molecule has 0 atom stereocenters. The van der Waals surface area contributed by atoms with Gasteiger partial charge in [-0.15, -0.1) is 22.7 Å². The Kier molecular flexibility index (Phi) is 5.45. The molecule has 0 radical (unpaired) electrons. The van der Waals surface area contributed by atoms with Crippen molar-refractivity contribution in [2.75, 3.05) is 31.6 Å². The molecule has 25 heavy (non-hydrogen) atoms. The van der Waals surface area contributed by atoms with Crippen LogP contribution in [0.1, 0.15) is 45.1 Å². The number of nitrogens with one attached hydrogen (secondary N) is 1. The third-order valence-electron chi connectivity index (χ3n) is 4.73. The van der Waals surface area contributed by atoms with Crippen molar-refractivity contribution in [1.29, 1.82) is 0 Å². The highest BCUT2D eigenvalue weighted by Crippen LogP contribution is 2.29. The van der Waals surface area contributed by atoms with E-state index in [2.05, 4.69) is 21.3 Å². The van der Waals surface area contributed by atoms with Crippen molar-refractivity contribution < 1.29 is 9.53 Å². The average Bonchev–Trinajstić information content (AvgIpc) is 3.17. The minimum atomic E-state index is -0.0228. The Hall–Kier alpha value is -1.28. The van der Waals surface area contributed by atoms with Crippen molar-refractivity contribution in [2.24, 2.45) is 0 Å². The largest absolute Gasteiger partial charge is 0.379 e. The smallest absolute Gasteiger partial charge is 0.267 e. The van der Waals surface area contributed by atoms with Gasteiger partial charge in [0.15, 0.2) is 5.13 Å². The van der Waals surface area contributed by atoms with Crippen LogP contribution in [0, 0.1) is 0 Å². The van der Waals surface area contributed by atoms with E-state index >= 15 is 0 Å². The van der Waals surface area contributed by atoms with Gasteiger partial charge in [0, 0.05) is 29.9 Å². The maximum atomic E-state index is 12.6. The van der Waals surface area contributed by atoms with Gasteiger partial charge in [0.25, 0.3) is 5.91 Å². The Morgan fingerprint density at radius 1 is 1.24 bits per heavy atom. The van der Waals surface area contributed by atoms with Crippen molar-refractivity contribution in [1.82, 2.24) is 9.88 Å². The number of fused-ring (bicyclic) bond motifs is 1. The van der Waals surface area contributed by atoms with Gasteiger partial charge in [0.1, 0.15) is 0 Å². The second-order valence-electron chi connectivity index (χ2n) is 6.61. The molecule has 1 aliphatic heterocycles. The van der Waals surface area contributed by atoms with Gasteiger partial charge in [0.05, 0.1) is 23.8 Å². The minimum absolute atomic E-state index is 0.0228. The van der Waals surface area contributed by atoms with E-state index in [1.54, 1.807) is 11.3 Å². The lowest BCUT2D eigenvalue weighted by atomic mass is 10.1. The molecule has 5 nitrogen and oxygen atoms in total. The van der Waals surface area contributed by atoms with Crippen LogP contribution in [0.3, 0.4) is 0 Å². The molecule has 1 fully saturated rings. The van der Waals surface area contributed by atoms with Gasteiger partial charge in [0.2, 0.25) is 0 Å². The Morgan fingerprint density at radius 2 is 2.08 bits per heavy atom. The molecule has 0 unspecified atom stereocenters. The summed E-state index contributed by atoms with van der Waals surface area (Å²) in [6.07, 6.45) is 6.01. The van der Waals surface area contributed by atoms with Crippen molar-refractivity contribution >= 4 is 33.7 Å².